The Morgan fingerprint density at radius 2 is 1.85 bits per heavy atom. The maximum absolute atomic E-state index is 13.2. The van der Waals surface area contributed by atoms with Crippen LogP contribution in [0, 0.1) is 20.8 Å². The van der Waals surface area contributed by atoms with Gasteiger partial charge in [0.05, 0.1) is 36.2 Å². The minimum Gasteiger partial charge on any atom is -0.497 e. The summed E-state index contributed by atoms with van der Waals surface area (Å²) in [6.45, 7) is 12.5. The second kappa shape index (κ2) is 14.0. The van der Waals surface area contributed by atoms with Crippen molar-refractivity contribution in [2.75, 3.05) is 39.6 Å². The average Bonchev–Trinajstić information content (AvgIpc) is 3.20. The molecule has 1 fully saturated rings. The van der Waals surface area contributed by atoms with Gasteiger partial charge in [0.1, 0.15) is 11.5 Å². The van der Waals surface area contributed by atoms with Gasteiger partial charge in [-0.05, 0) is 64.2 Å². The van der Waals surface area contributed by atoms with Crippen molar-refractivity contribution in [3.05, 3.63) is 46.3 Å². The zero-order valence-electron chi connectivity index (χ0n) is 25.3. The van der Waals surface area contributed by atoms with Crippen molar-refractivity contribution in [2.45, 2.75) is 71.0 Å². The van der Waals surface area contributed by atoms with E-state index in [1.165, 1.54) is 11.8 Å². The third-order valence-electron chi connectivity index (χ3n) is 8.03. The summed E-state index contributed by atoms with van der Waals surface area (Å²) in [6, 6.07) is 3.90. The number of carbonyl (C=O) groups is 2. The number of thioether (sulfide) groups is 1. The lowest BCUT2D eigenvalue weighted by atomic mass is 9.81. The number of allylic oxidation sites excluding steroid dienone is 1. The number of hydrogen-bond acceptors (Lipinski definition) is 7. The molecule has 9 nitrogen and oxygen atoms in total. The molecule has 2 aromatic rings. The van der Waals surface area contributed by atoms with E-state index in [9.17, 15) is 9.59 Å². The number of nitrogens with zero attached hydrogens (tertiary/aromatic N) is 4. The third kappa shape index (κ3) is 6.59. The predicted octanol–water partition coefficient (Wildman–Crippen LogP) is 4.38. The zero-order valence-corrected chi connectivity index (χ0v) is 26.1. The minimum absolute atomic E-state index is 0.110. The molecule has 1 aliphatic heterocycles. The Balaban J connectivity index is 1.79. The lowest BCUT2D eigenvalue weighted by molar-refractivity contribution is -0.132. The highest BCUT2D eigenvalue weighted by atomic mass is 32.2. The second-order valence-corrected chi connectivity index (χ2v) is 11.2. The van der Waals surface area contributed by atoms with E-state index < -0.39 is 5.54 Å². The molecule has 0 aliphatic carbocycles. The molecule has 0 bridgehead atoms. The van der Waals surface area contributed by atoms with E-state index in [1.54, 1.807) is 14.2 Å². The number of nitrogens with one attached hydrogen (secondary N) is 1. The van der Waals surface area contributed by atoms with Gasteiger partial charge in [0.15, 0.2) is 0 Å². The quantitative estimate of drug-likeness (QED) is 0.282. The highest BCUT2D eigenvalue weighted by molar-refractivity contribution is 8.00. The van der Waals surface area contributed by atoms with Crippen LogP contribution in [-0.4, -0.2) is 77.0 Å². The number of hydrogen-bond donors (Lipinski definition) is 1. The van der Waals surface area contributed by atoms with Crippen molar-refractivity contribution >= 4 is 24.1 Å². The number of benzene rings is 1. The average molecular weight is 572 g/mol. The van der Waals surface area contributed by atoms with Gasteiger partial charge in [-0.2, -0.15) is 5.10 Å². The molecule has 10 heteroatoms. The summed E-state index contributed by atoms with van der Waals surface area (Å²) in [5.74, 6) is 1.99. The van der Waals surface area contributed by atoms with E-state index >= 15 is 0 Å². The Bertz CT molecular complexity index is 1220. The van der Waals surface area contributed by atoms with Crippen LogP contribution in [-0.2, 0) is 23.2 Å². The topological polar surface area (TPSA) is 88.9 Å². The first-order chi connectivity index (χ1) is 19.1. The number of rotatable bonds is 13. The summed E-state index contributed by atoms with van der Waals surface area (Å²) in [7, 11) is 5.22. The summed E-state index contributed by atoms with van der Waals surface area (Å²) >= 11 is 1.54. The fraction of sp³-hybridized carbons (Fsp3) is 0.567. The molecular weight excluding hydrogens is 526 g/mol. The van der Waals surface area contributed by atoms with Crippen molar-refractivity contribution in [1.29, 1.82) is 0 Å². The number of likely N-dealkylation sites (N-methyl/N-ethyl adjacent to an activating group) is 1. The molecule has 0 saturated carbocycles. The number of carbonyl (C=O) groups excluding carboxylic acids is 2. The van der Waals surface area contributed by atoms with E-state index in [2.05, 4.69) is 23.4 Å². The van der Waals surface area contributed by atoms with Crippen LogP contribution in [0.3, 0.4) is 0 Å². The van der Waals surface area contributed by atoms with Gasteiger partial charge in [0.25, 0.3) is 0 Å². The zero-order chi connectivity index (χ0) is 29.4. The van der Waals surface area contributed by atoms with E-state index in [1.807, 2.05) is 61.4 Å². The van der Waals surface area contributed by atoms with Crippen LogP contribution in [0.15, 0.2) is 28.9 Å². The fourth-order valence-corrected chi connectivity index (χ4v) is 6.57. The SMILES string of the molecule is CC/C=C(\NCc1cc(OC)cc(OC)c1C)C1(N(C=O)CC)CCN(C(=O)CSc2c(C)c(C)nn2C)CC1. The summed E-state index contributed by atoms with van der Waals surface area (Å²) < 4.78 is 12.9. The number of aryl methyl sites for hydroxylation is 2. The molecule has 0 spiro atoms. The maximum atomic E-state index is 13.2. The summed E-state index contributed by atoms with van der Waals surface area (Å²) in [6.07, 6.45) is 5.29. The highest BCUT2D eigenvalue weighted by Crippen LogP contribution is 2.36. The van der Waals surface area contributed by atoms with Crippen LogP contribution < -0.4 is 14.8 Å². The molecule has 3 rings (SSSR count). The molecule has 1 aromatic carbocycles. The van der Waals surface area contributed by atoms with Crippen molar-refractivity contribution in [3.8, 4) is 11.5 Å². The molecule has 220 valence electrons. The Morgan fingerprint density at radius 3 is 2.38 bits per heavy atom. The molecule has 0 atom stereocenters. The van der Waals surface area contributed by atoms with Crippen LogP contribution in [0.5, 0.6) is 11.5 Å². The number of piperidine rings is 1. The van der Waals surface area contributed by atoms with Crippen molar-refractivity contribution in [1.82, 2.24) is 24.9 Å². The standard InChI is InChI=1S/C30H45N5O4S/c1-9-11-27(31-18-24-16-25(38-7)17-26(39-8)22(24)4)30(35(10-2)20-36)12-14-34(15-13-30)28(37)19-40-29-21(3)23(5)32-33(29)6/h11,16-17,20,31H,9-10,12-15,18-19H2,1-8H3/b27-11-. The van der Waals surface area contributed by atoms with E-state index in [-0.39, 0.29) is 5.91 Å². The monoisotopic (exact) mass is 571 g/mol. The lowest BCUT2D eigenvalue weighted by Crippen LogP contribution is -2.59. The van der Waals surface area contributed by atoms with Crippen LogP contribution in [0.1, 0.15) is 55.5 Å². The van der Waals surface area contributed by atoms with Gasteiger partial charge >= 0.3 is 0 Å². The van der Waals surface area contributed by atoms with Gasteiger partial charge < -0.3 is 24.6 Å². The molecule has 0 unspecified atom stereocenters. The van der Waals surface area contributed by atoms with Crippen LogP contribution in [0.2, 0.25) is 0 Å². The first kappa shape index (κ1) is 31.4. The Kier molecular flexibility index (Phi) is 11.0. The third-order valence-corrected chi connectivity index (χ3v) is 9.26. The Morgan fingerprint density at radius 1 is 1.15 bits per heavy atom. The molecule has 1 saturated heterocycles. The van der Waals surface area contributed by atoms with Crippen molar-refractivity contribution in [2.24, 2.45) is 7.05 Å². The summed E-state index contributed by atoms with van der Waals surface area (Å²) in [4.78, 5) is 29.4. The molecule has 2 amide bonds. The van der Waals surface area contributed by atoms with Gasteiger partial charge in [-0.15, -0.1) is 0 Å². The smallest absolute Gasteiger partial charge is 0.232 e. The largest absolute Gasteiger partial charge is 0.497 e. The van der Waals surface area contributed by atoms with Gasteiger partial charge in [0.2, 0.25) is 12.3 Å². The fourth-order valence-electron chi connectivity index (χ4n) is 5.53. The van der Waals surface area contributed by atoms with Crippen LogP contribution in [0.4, 0.5) is 0 Å². The van der Waals surface area contributed by atoms with E-state index in [4.69, 9.17) is 9.47 Å². The highest BCUT2D eigenvalue weighted by Gasteiger charge is 2.43. The Labute approximate surface area is 243 Å². The second-order valence-electron chi connectivity index (χ2n) is 10.2. The van der Waals surface area contributed by atoms with Gasteiger partial charge in [-0.25, -0.2) is 0 Å². The first-order valence-electron chi connectivity index (χ1n) is 13.9. The predicted molar refractivity (Wildman–Crippen MR) is 160 cm³/mol. The van der Waals surface area contributed by atoms with E-state index in [0.29, 0.717) is 44.8 Å². The number of ether oxygens (including phenoxy) is 2. The number of likely N-dealkylation sites (tertiary alicyclic amines) is 1. The Hall–Kier alpha value is -3.14. The number of amides is 2. The van der Waals surface area contributed by atoms with Crippen molar-refractivity contribution in [3.63, 3.8) is 0 Å². The summed E-state index contributed by atoms with van der Waals surface area (Å²) in [5.41, 5.74) is 4.72. The molecule has 2 heterocycles. The number of methoxy groups -OCH3 is 2. The molecular formula is C30H45N5O4S. The number of aromatic nitrogens is 2. The van der Waals surface area contributed by atoms with Crippen LogP contribution in [0.25, 0.3) is 0 Å². The normalized spacial score (nSPS) is 15.1. The molecule has 1 aromatic heterocycles. The van der Waals surface area contributed by atoms with Gasteiger partial charge in [0, 0.05) is 50.6 Å². The minimum atomic E-state index is -0.511. The molecule has 1 aliphatic rings. The summed E-state index contributed by atoms with van der Waals surface area (Å²) in [5, 5.41) is 9.17. The molecule has 0 radical (unpaired) electrons. The molecule has 40 heavy (non-hydrogen) atoms. The first-order valence-corrected chi connectivity index (χ1v) is 14.9. The van der Waals surface area contributed by atoms with Crippen molar-refractivity contribution < 1.29 is 19.1 Å². The van der Waals surface area contributed by atoms with Gasteiger partial charge in [-0.1, -0.05) is 24.8 Å². The molecule has 1 N–H and O–H groups in total. The van der Waals surface area contributed by atoms with Gasteiger partial charge in [-0.3, -0.25) is 14.3 Å². The van der Waals surface area contributed by atoms with Crippen LogP contribution >= 0.6 is 11.8 Å². The lowest BCUT2D eigenvalue weighted by Gasteiger charge is -2.48. The van der Waals surface area contributed by atoms with E-state index in [0.717, 1.165) is 57.4 Å². The maximum Gasteiger partial charge on any atom is 0.232 e.